The van der Waals surface area contributed by atoms with Crippen LogP contribution >= 0.6 is 11.6 Å². The largest absolute Gasteiger partial charge is 0.493 e. The first kappa shape index (κ1) is 22.1. The fourth-order valence-electron chi connectivity index (χ4n) is 3.87. The van der Waals surface area contributed by atoms with E-state index in [-0.39, 0.29) is 23.0 Å². The summed E-state index contributed by atoms with van der Waals surface area (Å²) in [5.74, 6) is 1.53. The van der Waals surface area contributed by atoms with E-state index in [0.717, 1.165) is 37.4 Å². The van der Waals surface area contributed by atoms with Gasteiger partial charge in [-0.1, -0.05) is 11.6 Å². The molecule has 0 aliphatic carbocycles. The zero-order chi connectivity index (χ0) is 22.6. The minimum atomic E-state index is -0.484. The highest BCUT2D eigenvalue weighted by Crippen LogP contribution is 2.34. The Morgan fingerprint density at radius 1 is 1.12 bits per heavy atom. The van der Waals surface area contributed by atoms with Crippen LogP contribution in [0.3, 0.4) is 0 Å². The molecular weight excluding hydrogens is 432 g/mol. The van der Waals surface area contributed by atoms with Crippen molar-refractivity contribution in [2.45, 2.75) is 25.4 Å². The van der Waals surface area contributed by atoms with Crippen molar-refractivity contribution in [3.05, 3.63) is 70.0 Å². The van der Waals surface area contributed by atoms with Crippen LogP contribution in [-0.2, 0) is 0 Å². The number of halogens is 1. The first-order valence-electron chi connectivity index (χ1n) is 10.7. The summed E-state index contributed by atoms with van der Waals surface area (Å²) in [5.41, 5.74) is 0.332. The third-order valence-electron chi connectivity index (χ3n) is 5.82. The molecule has 1 fully saturated rings. The van der Waals surface area contributed by atoms with E-state index in [2.05, 4.69) is 15.5 Å². The van der Waals surface area contributed by atoms with Gasteiger partial charge in [0, 0.05) is 42.3 Å². The van der Waals surface area contributed by atoms with Gasteiger partial charge in [-0.25, -0.2) is 0 Å². The van der Waals surface area contributed by atoms with E-state index in [4.69, 9.17) is 21.1 Å². The van der Waals surface area contributed by atoms with Crippen LogP contribution < -0.4 is 25.0 Å². The zero-order valence-electron chi connectivity index (χ0n) is 17.9. The summed E-state index contributed by atoms with van der Waals surface area (Å²) in [6.45, 7) is 4.47. The molecule has 0 amide bonds. The maximum absolute atomic E-state index is 11.7. The first-order chi connectivity index (χ1) is 15.4. The normalized spacial score (nSPS) is 17.5. The quantitative estimate of drug-likeness (QED) is 0.450. The number of piperidine rings is 1. The summed E-state index contributed by atoms with van der Waals surface area (Å²) in [4.78, 5) is 13.5. The van der Waals surface area contributed by atoms with Gasteiger partial charge in [-0.15, -0.1) is 0 Å². The highest BCUT2D eigenvalue weighted by Gasteiger charge is 2.28. The van der Waals surface area contributed by atoms with Crippen molar-refractivity contribution in [2.75, 3.05) is 31.2 Å². The van der Waals surface area contributed by atoms with Gasteiger partial charge in [-0.3, -0.25) is 10.1 Å². The Morgan fingerprint density at radius 2 is 1.81 bits per heavy atom. The SMILES string of the molecule is CC1(COc2ccc(N3CCC(COc4ccc(Cl)cc4)CC3)cc2[N+](=O)[O-])NC=CN1. The van der Waals surface area contributed by atoms with E-state index in [1.54, 1.807) is 24.5 Å². The predicted octanol–water partition coefficient (Wildman–Crippen LogP) is 4.30. The zero-order valence-corrected chi connectivity index (χ0v) is 18.7. The molecule has 0 unspecified atom stereocenters. The molecule has 0 radical (unpaired) electrons. The molecule has 2 heterocycles. The molecule has 0 atom stereocenters. The summed E-state index contributed by atoms with van der Waals surface area (Å²) in [6, 6.07) is 12.6. The lowest BCUT2D eigenvalue weighted by Gasteiger charge is -2.33. The smallest absolute Gasteiger partial charge is 0.312 e. The molecule has 2 aromatic carbocycles. The molecule has 4 rings (SSSR count). The monoisotopic (exact) mass is 458 g/mol. The van der Waals surface area contributed by atoms with Crippen LogP contribution in [0.5, 0.6) is 11.5 Å². The van der Waals surface area contributed by atoms with Crippen LogP contribution in [0, 0.1) is 16.0 Å². The third-order valence-corrected chi connectivity index (χ3v) is 6.07. The van der Waals surface area contributed by atoms with Crippen molar-refractivity contribution in [2.24, 2.45) is 5.92 Å². The summed E-state index contributed by atoms with van der Waals surface area (Å²) in [7, 11) is 0. The van der Waals surface area contributed by atoms with Crippen molar-refractivity contribution in [3.8, 4) is 11.5 Å². The van der Waals surface area contributed by atoms with Gasteiger partial charge in [0.15, 0.2) is 5.75 Å². The molecule has 32 heavy (non-hydrogen) atoms. The standard InChI is InChI=1S/C23H27ClN4O4/c1-23(25-10-11-26-23)16-32-22-7-4-19(14-21(22)28(29)30)27-12-8-17(9-13-27)15-31-20-5-2-18(24)3-6-20/h2-7,10-11,14,17,25-26H,8-9,12-13,15-16H2,1H3. The van der Waals surface area contributed by atoms with E-state index >= 15 is 0 Å². The molecule has 9 heteroatoms. The Labute approximate surface area is 192 Å². The lowest BCUT2D eigenvalue weighted by Crippen LogP contribution is -2.50. The summed E-state index contributed by atoms with van der Waals surface area (Å²) in [5, 5.41) is 18.6. The molecule has 0 saturated carbocycles. The number of nitrogens with zero attached hydrogens (tertiary/aromatic N) is 2. The summed E-state index contributed by atoms with van der Waals surface area (Å²) >= 11 is 5.91. The minimum Gasteiger partial charge on any atom is -0.493 e. The Bertz CT molecular complexity index is 966. The van der Waals surface area contributed by atoms with Crippen LogP contribution in [-0.4, -0.2) is 36.9 Å². The van der Waals surface area contributed by atoms with Gasteiger partial charge in [-0.2, -0.15) is 0 Å². The number of anilines is 1. The van der Waals surface area contributed by atoms with Crippen molar-refractivity contribution in [3.63, 3.8) is 0 Å². The number of nitro groups is 1. The van der Waals surface area contributed by atoms with Crippen molar-refractivity contribution in [1.82, 2.24) is 10.6 Å². The highest BCUT2D eigenvalue weighted by atomic mass is 35.5. The topological polar surface area (TPSA) is 88.9 Å². The van der Waals surface area contributed by atoms with Crippen LogP contribution in [0.4, 0.5) is 11.4 Å². The molecule has 0 aromatic heterocycles. The van der Waals surface area contributed by atoms with E-state index in [0.29, 0.717) is 17.5 Å². The Hall–Kier alpha value is -3.13. The minimum absolute atomic E-state index is 0.0229. The van der Waals surface area contributed by atoms with Gasteiger partial charge in [0.2, 0.25) is 0 Å². The number of nitrogens with one attached hydrogen (secondary N) is 2. The molecule has 2 aliphatic heterocycles. The molecule has 2 N–H and O–H groups in total. The van der Waals surface area contributed by atoms with Gasteiger partial charge in [0.1, 0.15) is 18.0 Å². The van der Waals surface area contributed by atoms with E-state index in [9.17, 15) is 10.1 Å². The molecular formula is C23H27ClN4O4. The fraction of sp³-hybridized carbons (Fsp3) is 0.391. The molecule has 1 saturated heterocycles. The summed E-state index contributed by atoms with van der Waals surface area (Å²) in [6.07, 6.45) is 5.49. The lowest BCUT2D eigenvalue weighted by molar-refractivity contribution is -0.385. The van der Waals surface area contributed by atoms with Crippen LogP contribution in [0.25, 0.3) is 0 Å². The van der Waals surface area contributed by atoms with Crippen molar-refractivity contribution < 1.29 is 14.4 Å². The second-order valence-corrected chi connectivity index (χ2v) is 8.78. The van der Waals surface area contributed by atoms with E-state index in [1.165, 1.54) is 0 Å². The first-order valence-corrected chi connectivity index (χ1v) is 11.0. The number of nitro benzene ring substituents is 1. The van der Waals surface area contributed by atoms with E-state index in [1.807, 2.05) is 37.3 Å². The molecule has 0 spiro atoms. The summed E-state index contributed by atoms with van der Waals surface area (Å²) < 4.78 is 11.7. The average molecular weight is 459 g/mol. The number of benzene rings is 2. The maximum Gasteiger partial charge on any atom is 0.312 e. The molecule has 8 nitrogen and oxygen atoms in total. The average Bonchev–Trinajstić information content (AvgIpc) is 3.24. The highest BCUT2D eigenvalue weighted by molar-refractivity contribution is 6.30. The Balaban J connectivity index is 1.33. The Kier molecular flexibility index (Phi) is 6.60. The number of hydrogen-bond acceptors (Lipinski definition) is 7. The molecule has 0 bridgehead atoms. The molecule has 170 valence electrons. The predicted molar refractivity (Wildman–Crippen MR) is 124 cm³/mol. The van der Waals surface area contributed by atoms with Gasteiger partial charge in [0.05, 0.1) is 11.5 Å². The van der Waals surface area contributed by atoms with Crippen molar-refractivity contribution >= 4 is 23.0 Å². The Morgan fingerprint density at radius 3 is 2.47 bits per heavy atom. The number of ether oxygens (including phenoxy) is 2. The molecule has 2 aromatic rings. The molecule has 2 aliphatic rings. The fourth-order valence-corrected chi connectivity index (χ4v) is 3.99. The van der Waals surface area contributed by atoms with Crippen LogP contribution in [0.15, 0.2) is 54.9 Å². The van der Waals surface area contributed by atoms with Gasteiger partial charge >= 0.3 is 5.69 Å². The number of rotatable bonds is 8. The van der Waals surface area contributed by atoms with Crippen LogP contribution in [0.2, 0.25) is 5.02 Å². The van der Waals surface area contributed by atoms with Crippen molar-refractivity contribution in [1.29, 1.82) is 0 Å². The maximum atomic E-state index is 11.7. The van der Waals surface area contributed by atoms with Gasteiger partial charge in [-0.05, 0) is 62.1 Å². The lowest BCUT2D eigenvalue weighted by atomic mass is 9.97. The van der Waals surface area contributed by atoms with Gasteiger partial charge in [0.25, 0.3) is 0 Å². The van der Waals surface area contributed by atoms with E-state index < -0.39 is 5.66 Å². The number of hydrogen-bond donors (Lipinski definition) is 2. The third kappa shape index (κ3) is 5.37. The van der Waals surface area contributed by atoms with Crippen LogP contribution in [0.1, 0.15) is 19.8 Å². The second-order valence-electron chi connectivity index (χ2n) is 8.35. The second kappa shape index (κ2) is 9.56. The van der Waals surface area contributed by atoms with Gasteiger partial charge < -0.3 is 25.0 Å².